The molecule has 0 saturated heterocycles. The van der Waals surface area contributed by atoms with Crippen LogP contribution in [-0.2, 0) is 0 Å². The Morgan fingerprint density at radius 3 is 2.57 bits per heavy atom. The minimum atomic E-state index is -0.608. The molecular formula is C17H29NO3. The summed E-state index contributed by atoms with van der Waals surface area (Å²) in [4.78, 5) is 0. The van der Waals surface area contributed by atoms with E-state index in [0.29, 0.717) is 18.3 Å². The summed E-state index contributed by atoms with van der Waals surface area (Å²) >= 11 is 0. The highest BCUT2D eigenvalue weighted by molar-refractivity contribution is 5.41. The lowest BCUT2D eigenvalue weighted by molar-refractivity contribution is 0.165. The van der Waals surface area contributed by atoms with Crippen molar-refractivity contribution in [2.45, 2.75) is 51.7 Å². The molecule has 0 aliphatic heterocycles. The van der Waals surface area contributed by atoms with Crippen LogP contribution < -0.4 is 14.8 Å². The Morgan fingerprint density at radius 2 is 1.95 bits per heavy atom. The molecule has 0 bridgehead atoms. The van der Waals surface area contributed by atoms with Crippen LogP contribution in [0.4, 0.5) is 0 Å². The Morgan fingerprint density at radius 1 is 1.19 bits per heavy atom. The Hall–Kier alpha value is -1.26. The molecule has 2 N–H and O–H groups in total. The molecule has 1 aromatic carbocycles. The van der Waals surface area contributed by atoms with Gasteiger partial charge in [-0.1, -0.05) is 26.2 Å². The van der Waals surface area contributed by atoms with Crippen LogP contribution >= 0.6 is 0 Å². The predicted octanol–water partition coefficient (Wildman–Crippen LogP) is 3.30. The molecule has 0 spiro atoms. The number of hydrogen-bond acceptors (Lipinski definition) is 4. The fourth-order valence-corrected chi connectivity index (χ4v) is 2.33. The second kappa shape index (κ2) is 9.64. The molecule has 0 aromatic heterocycles. The van der Waals surface area contributed by atoms with Crippen LogP contribution in [-0.4, -0.2) is 31.9 Å². The second-order valence-electron chi connectivity index (χ2n) is 5.43. The topological polar surface area (TPSA) is 50.7 Å². The van der Waals surface area contributed by atoms with E-state index in [9.17, 15) is 5.11 Å². The van der Waals surface area contributed by atoms with Crippen LogP contribution in [0.5, 0.6) is 11.5 Å². The largest absolute Gasteiger partial charge is 0.497 e. The number of methoxy groups -OCH3 is 2. The summed E-state index contributed by atoms with van der Waals surface area (Å²) in [7, 11) is 3.23. The zero-order valence-corrected chi connectivity index (χ0v) is 13.7. The Bertz CT molecular complexity index is 409. The maximum atomic E-state index is 10.4. The number of nitrogens with one attached hydrogen (secondary N) is 1. The smallest absolute Gasteiger partial charge is 0.124 e. The van der Waals surface area contributed by atoms with Crippen molar-refractivity contribution in [1.82, 2.24) is 5.32 Å². The number of hydrogen-bond donors (Lipinski definition) is 2. The number of benzene rings is 1. The van der Waals surface area contributed by atoms with Gasteiger partial charge in [0, 0.05) is 18.2 Å². The number of ether oxygens (including phenoxy) is 2. The lowest BCUT2D eigenvalue weighted by Gasteiger charge is -2.19. The predicted molar refractivity (Wildman–Crippen MR) is 86.1 cm³/mol. The van der Waals surface area contributed by atoms with Crippen molar-refractivity contribution in [2.24, 2.45) is 0 Å². The van der Waals surface area contributed by atoms with E-state index in [1.807, 2.05) is 18.2 Å². The monoisotopic (exact) mass is 295 g/mol. The van der Waals surface area contributed by atoms with Gasteiger partial charge in [0.15, 0.2) is 0 Å². The first-order valence-corrected chi connectivity index (χ1v) is 7.75. The van der Waals surface area contributed by atoms with Crippen molar-refractivity contribution >= 4 is 0 Å². The summed E-state index contributed by atoms with van der Waals surface area (Å²) in [6.45, 7) is 4.87. The van der Waals surface area contributed by atoms with E-state index in [0.717, 1.165) is 17.7 Å². The lowest BCUT2D eigenvalue weighted by Crippen LogP contribution is -2.30. The minimum Gasteiger partial charge on any atom is -0.497 e. The second-order valence-corrected chi connectivity index (χ2v) is 5.43. The van der Waals surface area contributed by atoms with Gasteiger partial charge in [-0.3, -0.25) is 0 Å². The third-order valence-electron chi connectivity index (χ3n) is 3.70. The average Bonchev–Trinajstić information content (AvgIpc) is 2.52. The summed E-state index contributed by atoms with van der Waals surface area (Å²) in [5.41, 5.74) is 0.755. The minimum absolute atomic E-state index is 0.405. The van der Waals surface area contributed by atoms with E-state index >= 15 is 0 Å². The van der Waals surface area contributed by atoms with Gasteiger partial charge in [-0.15, -0.1) is 0 Å². The molecule has 4 heteroatoms. The Kier molecular flexibility index (Phi) is 8.16. The molecule has 1 rings (SSSR count). The molecule has 0 amide bonds. The molecule has 0 fully saturated rings. The maximum absolute atomic E-state index is 10.4. The fourth-order valence-electron chi connectivity index (χ4n) is 2.33. The highest BCUT2D eigenvalue weighted by Gasteiger charge is 2.15. The van der Waals surface area contributed by atoms with Crippen LogP contribution in [0.3, 0.4) is 0 Å². The molecule has 21 heavy (non-hydrogen) atoms. The van der Waals surface area contributed by atoms with E-state index in [1.54, 1.807) is 14.2 Å². The molecule has 0 aliphatic carbocycles. The first-order valence-electron chi connectivity index (χ1n) is 7.75. The molecule has 0 aliphatic rings. The van der Waals surface area contributed by atoms with Crippen LogP contribution in [0.1, 0.15) is 51.2 Å². The van der Waals surface area contributed by atoms with E-state index in [-0.39, 0.29) is 0 Å². The summed E-state index contributed by atoms with van der Waals surface area (Å²) in [5, 5.41) is 13.8. The standard InChI is InChI=1S/C17H29NO3/c1-5-6-7-8-13(2)18-12-16(19)15-11-14(20-3)9-10-17(15)21-4/h9-11,13,16,18-19H,5-8,12H2,1-4H3. The molecule has 4 nitrogen and oxygen atoms in total. The Balaban J connectivity index is 2.56. The van der Waals surface area contributed by atoms with E-state index in [4.69, 9.17) is 9.47 Å². The van der Waals surface area contributed by atoms with Crippen LogP contribution in [0.15, 0.2) is 18.2 Å². The molecule has 1 aromatic rings. The van der Waals surface area contributed by atoms with Gasteiger partial charge in [-0.05, 0) is 31.5 Å². The van der Waals surface area contributed by atoms with Gasteiger partial charge < -0.3 is 19.9 Å². The lowest BCUT2D eigenvalue weighted by atomic mass is 10.1. The van der Waals surface area contributed by atoms with Gasteiger partial charge in [-0.25, -0.2) is 0 Å². The first-order chi connectivity index (χ1) is 10.1. The molecule has 0 saturated carbocycles. The van der Waals surface area contributed by atoms with E-state index < -0.39 is 6.10 Å². The summed E-state index contributed by atoms with van der Waals surface area (Å²) < 4.78 is 10.5. The molecular weight excluding hydrogens is 266 g/mol. The van der Waals surface area contributed by atoms with Crippen LogP contribution in [0, 0.1) is 0 Å². The van der Waals surface area contributed by atoms with E-state index in [1.165, 1.54) is 19.3 Å². The maximum Gasteiger partial charge on any atom is 0.124 e. The van der Waals surface area contributed by atoms with E-state index in [2.05, 4.69) is 19.2 Å². The van der Waals surface area contributed by atoms with Crippen LogP contribution in [0.2, 0.25) is 0 Å². The number of rotatable bonds is 10. The molecule has 2 atom stereocenters. The summed E-state index contributed by atoms with van der Waals surface area (Å²) in [6.07, 6.45) is 4.25. The van der Waals surface area contributed by atoms with Crippen molar-refractivity contribution in [3.8, 4) is 11.5 Å². The molecule has 0 radical (unpaired) electrons. The summed E-state index contributed by atoms with van der Waals surface area (Å²) in [5.74, 6) is 1.41. The highest BCUT2D eigenvalue weighted by atomic mass is 16.5. The quantitative estimate of drug-likeness (QED) is 0.650. The van der Waals surface area contributed by atoms with Gasteiger partial charge in [0.25, 0.3) is 0 Å². The van der Waals surface area contributed by atoms with Crippen molar-refractivity contribution in [1.29, 1.82) is 0 Å². The average molecular weight is 295 g/mol. The molecule has 120 valence electrons. The van der Waals surface area contributed by atoms with Gasteiger partial charge in [-0.2, -0.15) is 0 Å². The molecule has 2 unspecified atom stereocenters. The zero-order chi connectivity index (χ0) is 15.7. The SMILES string of the molecule is CCCCCC(C)NCC(O)c1cc(OC)ccc1OC. The van der Waals surface area contributed by atoms with Gasteiger partial charge in [0.1, 0.15) is 11.5 Å². The van der Waals surface area contributed by atoms with Crippen molar-refractivity contribution in [2.75, 3.05) is 20.8 Å². The third-order valence-corrected chi connectivity index (χ3v) is 3.70. The van der Waals surface area contributed by atoms with Gasteiger partial charge in [0.2, 0.25) is 0 Å². The summed E-state index contributed by atoms with van der Waals surface area (Å²) in [6, 6.07) is 5.88. The van der Waals surface area contributed by atoms with Crippen LogP contribution in [0.25, 0.3) is 0 Å². The molecule has 0 heterocycles. The number of aliphatic hydroxyl groups is 1. The van der Waals surface area contributed by atoms with Crippen molar-refractivity contribution in [3.63, 3.8) is 0 Å². The number of unbranched alkanes of at least 4 members (excludes halogenated alkanes) is 2. The third kappa shape index (κ3) is 5.94. The highest BCUT2D eigenvalue weighted by Crippen LogP contribution is 2.29. The van der Waals surface area contributed by atoms with Gasteiger partial charge >= 0.3 is 0 Å². The normalized spacial score (nSPS) is 13.8. The van der Waals surface area contributed by atoms with Gasteiger partial charge in [0.05, 0.1) is 20.3 Å². The fraction of sp³-hybridized carbons (Fsp3) is 0.647. The van der Waals surface area contributed by atoms with Crippen molar-refractivity contribution in [3.05, 3.63) is 23.8 Å². The first kappa shape index (κ1) is 17.8. The number of aliphatic hydroxyl groups excluding tert-OH is 1. The van der Waals surface area contributed by atoms with Crippen molar-refractivity contribution < 1.29 is 14.6 Å². The zero-order valence-electron chi connectivity index (χ0n) is 13.7. The Labute approximate surface area is 128 Å².